The summed E-state index contributed by atoms with van der Waals surface area (Å²) >= 11 is 0.856. The lowest BCUT2D eigenvalue weighted by Gasteiger charge is -2.39. The summed E-state index contributed by atoms with van der Waals surface area (Å²) in [5.41, 5.74) is -2.33. The highest BCUT2D eigenvalue weighted by molar-refractivity contribution is 7.08. The van der Waals surface area contributed by atoms with Gasteiger partial charge in [-0.15, -0.1) is 5.10 Å². The summed E-state index contributed by atoms with van der Waals surface area (Å²) in [7, 11) is 0. The molecule has 0 radical (unpaired) electrons. The summed E-state index contributed by atoms with van der Waals surface area (Å²) in [5.74, 6) is -3.79. The van der Waals surface area contributed by atoms with Crippen LogP contribution in [-0.4, -0.2) is 32.7 Å². The molecule has 1 fully saturated rings. The van der Waals surface area contributed by atoms with Crippen molar-refractivity contribution in [3.05, 3.63) is 10.6 Å². The molecule has 1 aromatic rings. The zero-order chi connectivity index (χ0) is 16.2. The van der Waals surface area contributed by atoms with Crippen LogP contribution < -0.4 is 0 Å². The Morgan fingerprint density at radius 3 is 1.90 bits per heavy atom. The molecule has 1 aliphatic rings. The molecule has 6 nitrogen and oxygen atoms in total. The fraction of sp³-hybridized carbons (Fsp3) is 0.571. The second-order valence-electron chi connectivity index (χ2n) is 6.29. The minimum Gasteiger partial charge on any atom is -0.297 e. The quantitative estimate of drug-likeness (QED) is 0.606. The average Bonchev–Trinajstić information content (AvgIpc) is 2.82. The van der Waals surface area contributed by atoms with Crippen LogP contribution >= 0.6 is 11.5 Å². The summed E-state index contributed by atoms with van der Waals surface area (Å²) in [6, 6.07) is 0. The average molecular weight is 308 g/mol. The Bertz CT molecular complexity index is 642. The highest BCUT2D eigenvalue weighted by atomic mass is 32.1. The number of aromatic nitrogens is 2. The van der Waals surface area contributed by atoms with E-state index in [0.717, 1.165) is 11.5 Å². The summed E-state index contributed by atoms with van der Waals surface area (Å²) in [5, 5.41) is 3.73. The molecule has 0 unspecified atom stereocenters. The molecule has 2 rings (SSSR count). The Morgan fingerprint density at radius 1 is 1.05 bits per heavy atom. The van der Waals surface area contributed by atoms with Gasteiger partial charge < -0.3 is 0 Å². The van der Waals surface area contributed by atoms with Crippen molar-refractivity contribution in [3.63, 3.8) is 0 Å². The Hall–Kier alpha value is -1.76. The van der Waals surface area contributed by atoms with Crippen LogP contribution in [0.5, 0.6) is 0 Å². The van der Waals surface area contributed by atoms with Crippen LogP contribution in [0.2, 0.25) is 0 Å². The molecule has 0 saturated heterocycles. The standard InChI is InChI=1S/C14H16N2O4S/c1-6-9(21-16-15-6)8(17)7-10(18)13(2,3)12(20)14(4,5)11(7)19/h7H,1-5H3. The van der Waals surface area contributed by atoms with Gasteiger partial charge in [0.25, 0.3) is 0 Å². The van der Waals surface area contributed by atoms with E-state index >= 15 is 0 Å². The molecular formula is C14H16N2O4S. The molecule has 7 heteroatoms. The van der Waals surface area contributed by atoms with Crippen LogP contribution in [0.1, 0.15) is 43.1 Å². The molecule has 112 valence electrons. The van der Waals surface area contributed by atoms with Gasteiger partial charge in [0.2, 0.25) is 0 Å². The van der Waals surface area contributed by atoms with Gasteiger partial charge >= 0.3 is 0 Å². The molecule has 1 heterocycles. The number of hydrogen-bond acceptors (Lipinski definition) is 7. The molecule has 0 aliphatic heterocycles. The smallest absolute Gasteiger partial charge is 0.194 e. The van der Waals surface area contributed by atoms with Gasteiger partial charge in [-0.05, 0) is 46.2 Å². The topological polar surface area (TPSA) is 94.1 Å². The Morgan fingerprint density at radius 2 is 1.52 bits per heavy atom. The number of carbonyl (C=O) groups is 4. The SMILES string of the molecule is Cc1nnsc1C(=O)C1C(=O)C(C)(C)C(=O)C(C)(C)C1=O. The summed E-state index contributed by atoms with van der Waals surface area (Å²) in [4.78, 5) is 50.1. The van der Waals surface area contributed by atoms with Crippen molar-refractivity contribution in [3.8, 4) is 0 Å². The molecule has 1 aromatic heterocycles. The van der Waals surface area contributed by atoms with E-state index in [1.165, 1.54) is 27.7 Å². The second-order valence-corrected chi connectivity index (χ2v) is 7.05. The molecule has 1 aliphatic carbocycles. The van der Waals surface area contributed by atoms with E-state index in [1.54, 1.807) is 6.92 Å². The molecule has 0 amide bonds. The van der Waals surface area contributed by atoms with E-state index in [9.17, 15) is 19.2 Å². The van der Waals surface area contributed by atoms with E-state index < -0.39 is 39.9 Å². The van der Waals surface area contributed by atoms with Gasteiger partial charge in [0.15, 0.2) is 23.1 Å². The molecular weight excluding hydrogens is 292 g/mol. The number of hydrogen-bond donors (Lipinski definition) is 0. The van der Waals surface area contributed by atoms with Crippen molar-refractivity contribution in [1.29, 1.82) is 0 Å². The lowest BCUT2D eigenvalue weighted by molar-refractivity contribution is -0.158. The molecule has 1 saturated carbocycles. The van der Waals surface area contributed by atoms with Crippen molar-refractivity contribution in [1.82, 2.24) is 9.59 Å². The van der Waals surface area contributed by atoms with Crippen LogP contribution in [0.15, 0.2) is 0 Å². The van der Waals surface area contributed by atoms with Crippen LogP contribution in [-0.2, 0) is 14.4 Å². The Labute approximate surface area is 126 Å². The van der Waals surface area contributed by atoms with Crippen molar-refractivity contribution in [2.45, 2.75) is 34.6 Å². The lowest BCUT2D eigenvalue weighted by atomic mass is 9.58. The van der Waals surface area contributed by atoms with Gasteiger partial charge in [0.1, 0.15) is 10.8 Å². The molecule has 0 atom stereocenters. The minimum atomic E-state index is -1.45. The summed E-state index contributed by atoms with van der Waals surface area (Å²) in [6.07, 6.45) is 0. The van der Waals surface area contributed by atoms with Gasteiger partial charge in [-0.2, -0.15) is 0 Å². The Kier molecular flexibility index (Phi) is 3.44. The van der Waals surface area contributed by atoms with Gasteiger partial charge in [0.05, 0.1) is 16.5 Å². The predicted octanol–water partition coefficient (Wildman–Crippen LogP) is 1.42. The van der Waals surface area contributed by atoms with E-state index in [-0.39, 0.29) is 4.88 Å². The molecule has 0 N–H and O–H groups in total. The zero-order valence-electron chi connectivity index (χ0n) is 12.5. The second kappa shape index (κ2) is 4.62. The maximum atomic E-state index is 12.6. The highest BCUT2D eigenvalue weighted by Crippen LogP contribution is 2.42. The van der Waals surface area contributed by atoms with E-state index in [4.69, 9.17) is 0 Å². The van der Waals surface area contributed by atoms with E-state index in [0.29, 0.717) is 5.69 Å². The molecule has 21 heavy (non-hydrogen) atoms. The predicted molar refractivity (Wildman–Crippen MR) is 75.0 cm³/mol. The first-order chi connectivity index (χ1) is 9.52. The lowest BCUT2D eigenvalue weighted by Crippen LogP contribution is -2.59. The van der Waals surface area contributed by atoms with Crippen molar-refractivity contribution in [2.24, 2.45) is 16.7 Å². The Balaban J connectivity index is 2.55. The third kappa shape index (κ3) is 2.07. The first kappa shape index (κ1) is 15.6. The van der Waals surface area contributed by atoms with Crippen molar-refractivity contribution in [2.75, 3.05) is 0 Å². The van der Waals surface area contributed by atoms with Crippen LogP contribution in [0, 0.1) is 23.7 Å². The number of rotatable bonds is 2. The number of carbonyl (C=O) groups excluding carboxylic acids is 4. The number of aryl methyl sites for hydroxylation is 1. The first-order valence-corrected chi connectivity index (χ1v) is 7.27. The molecule has 0 bridgehead atoms. The number of ketones is 4. The monoisotopic (exact) mass is 308 g/mol. The zero-order valence-corrected chi connectivity index (χ0v) is 13.3. The third-order valence-electron chi connectivity index (χ3n) is 4.03. The summed E-state index contributed by atoms with van der Waals surface area (Å²) in [6.45, 7) is 7.44. The maximum Gasteiger partial charge on any atom is 0.194 e. The fourth-order valence-corrected chi connectivity index (χ4v) is 3.30. The van der Waals surface area contributed by atoms with E-state index in [2.05, 4.69) is 9.59 Å². The maximum absolute atomic E-state index is 12.6. The van der Waals surface area contributed by atoms with Gasteiger partial charge in [-0.1, -0.05) is 4.49 Å². The largest absolute Gasteiger partial charge is 0.297 e. The minimum absolute atomic E-state index is 0.197. The molecule has 0 aromatic carbocycles. The van der Waals surface area contributed by atoms with Crippen molar-refractivity contribution >= 4 is 34.7 Å². The van der Waals surface area contributed by atoms with Gasteiger partial charge in [0, 0.05) is 0 Å². The fourth-order valence-electron chi connectivity index (χ4n) is 2.67. The van der Waals surface area contributed by atoms with Gasteiger partial charge in [-0.3, -0.25) is 19.2 Å². The van der Waals surface area contributed by atoms with Crippen molar-refractivity contribution < 1.29 is 19.2 Å². The highest BCUT2D eigenvalue weighted by Gasteiger charge is 2.60. The third-order valence-corrected chi connectivity index (χ3v) is 4.87. The van der Waals surface area contributed by atoms with E-state index in [1.807, 2.05) is 0 Å². The molecule has 0 spiro atoms. The van der Waals surface area contributed by atoms with Crippen LogP contribution in [0.4, 0.5) is 0 Å². The van der Waals surface area contributed by atoms with Crippen LogP contribution in [0.25, 0.3) is 0 Å². The van der Waals surface area contributed by atoms with Crippen LogP contribution in [0.3, 0.4) is 0 Å². The number of nitrogens with zero attached hydrogens (tertiary/aromatic N) is 2. The normalized spacial score (nSPS) is 21.7. The summed E-state index contributed by atoms with van der Waals surface area (Å²) < 4.78 is 3.66. The first-order valence-electron chi connectivity index (χ1n) is 6.49. The van der Waals surface area contributed by atoms with Gasteiger partial charge in [-0.25, -0.2) is 0 Å². The number of Topliss-reactive ketones (excluding diaryl/α,β-unsaturated/α-hetero) is 4.